The SMILES string of the molecule is COc1ccccc1-c1ccoc1CN. The van der Waals surface area contributed by atoms with Gasteiger partial charge in [-0.25, -0.2) is 0 Å². The number of furan rings is 1. The van der Waals surface area contributed by atoms with Crippen molar-refractivity contribution in [3.05, 3.63) is 42.4 Å². The number of ether oxygens (including phenoxy) is 1. The van der Waals surface area contributed by atoms with Crippen LogP contribution in [-0.2, 0) is 6.54 Å². The molecule has 1 aromatic carbocycles. The minimum absolute atomic E-state index is 0.389. The van der Waals surface area contributed by atoms with E-state index in [9.17, 15) is 0 Å². The zero-order valence-corrected chi connectivity index (χ0v) is 8.57. The molecule has 0 spiro atoms. The van der Waals surface area contributed by atoms with Crippen molar-refractivity contribution in [3.8, 4) is 16.9 Å². The predicted octanol–water partition coefficient (Wildman–Crippen LogP) is 2.41. The highest BCUT2D eigenvalue weighted by Gasteiger charge is 2.10. The fraction of sp³-hybridized carbons (Fsp3) is 0.167. The van der Waals surface area contributed by atoms with Gasteiger partial charge in [-0.2, -0.15) is 0 Å². The average Bonchev–Trinajstić information content (AvgIpc) is 2.76. The van der Waals surface area contributed by atoms with Crippen LogP contribution in [0.15, 0.2) is 41.0 Å². The molecule has 0 saturated heterocycles. The molecule has 0 amide bonds. The maximum atomic E-state index is 5.59. The molecule has 3 heteroatoms. The molecule has 1 aromatic heterocycles. The van der Waals surface area contributed by atoms with E-state index in [1.165, 1.54) is 0 Å². The van der Waals surface area contributed by atoms with E-state index >= 15 is 0 Å². The summed E-state index contributed by atoms with van der Waals surface area (Å²) in [4.78, 5) is 0. The van der Waals surface area contributed by atoms with Gasteiger partial charge < -0.3 is 14.9 Å². The van der Waals surface area contributed by atoms with Gasteiger partial charge in [0.2, 0.25) is 0 Å². The molecule has 2 N–H and O–H groups in total. The lowest BCUT2D eigenvalue weighted by molar-refractivity contribution is 0.416. The van der Waals surface area contributed by atoms with Gasteiger partial charge in [0.25, 0.3) is 0 Å². The molecule has 0 radical (unpaired) electrons. The number of hydrogen-bond acceptors (Lipinski definition) is 3. The van der Waals surface area contributed by atoms with Crippen LogP contribution >= 0.6 is 0 Å². The minimum Gasteiger partial charge on any atom is -0.496 e. The van der Waals surface area contributed by atoms with Crippen LogP contribution in [0.25, 0.3) is 11.1 Å². The predicted molar refractivity (Wildman–Crippen MR) is 58.6 cm³/mol. The van der Waals surface area contributed by atoms with Crippen LogP contribution in [0, 0.1) is 0 Å². The lowest BCUT2D eigenvalue weighted by Crippen LogP contribution is -1.96. The Hall–Kier alpha value is -1.74. The van der Waals surface area contributed by atoms with Gasteiger partial charge in [0.1, 0.15) is 11.5 Å². The van der Waals surface area contributed by atoms with Crippen LogP contribution in [-0.4, -0.2) is 7.11 Å². The molecule has 0 aliphatic heterocycles. The Morgan fingerprint density at radius 3 is 2.73 bits per heavy atom. The minimum atomic E-state index is 0.389. The summed E-state index contributed by atoms with van der Waals surface area (Å²) in [6, 6.07) is 9.71. The quantitative estimate of drug-likeness (QED) is 0.833. The van der Waals surface area contributed by atoms with Gasteiger partial charge >= 0.3 is 0 Å². The van der Waals surface area contributed by atoms with Crippen molar-refractivity contribution >= 4 is 0 Å². The van der Waals surface area contributed by atoms with Crippen LogP contribution in [0.3, 0.4) is 0 Å². The molecular weight excluding hydrogens is 190 g/mol. The fourth-order valence-electron chi connectivity index (χ4n) is 1.61. The van der Waals surface area contributed by atoms with Crippen molar-refractivity contribution in [3.63, 3.8) is 0 Å². The Morgan fingerprint density at radius 1 is 1.20 bits per heavy atom. The number of nitrogens with two attached hydrogens (primary N) is 1. The van der Waals surface area contributed by atoms with Crippen molar-refractivity contribution in [2.45, 2.75) is 6.54 Å². The summed E-state index contributed by atoms with van der Waals surface area (Å²) in [5.41, 5.74) is 7.59. The van der Waals surface area contributed by atoms with Gasteiger partial charge in [-0.3, -0.25) is 0 Å². The molecule has 0 fully saturated rings. The molecule has 0 aliphatic rings. The summed E-state index contributed by atoms with van der Waals surface area (Å²) in [5, 5.41) is 0. The second-order valence-corrected chi connectivity index (χ2v) is 3.16. The Kier molecular flexibility index (Phi) is 2.74. The summed E-state index contributed by atoms with van der Waals surface area (Å²) in [6.07, 6.45) is 1.64. The second kappa shape index (κ2) is 4.19. The van der Waals surface area contributed by atoms with Crippen LogP contribution < -0.4 is 10.5 Å². The lowest BCUT2D eigenvalue weighted by Gasteiger charge is -2.07. The van der Waals surface area contributed by atoms with Gasteiger partial charge in [0, 0.05) is 11.1 Å². The smallest absolute Gasteiger partial charge is 0.126 e. The van der Waals surface area contributed by atoms with Crippen molar-refractivity contribution in [1.29, 1.82) is 0 Å². The number of benzene rings is 1. The molecule has 0 saturated carbocycles. The molecule has 0 atom stereocenters. The van der Waals surface area contributed by atoms with E-state index in [-0.39, 0.29) is 0 Å². The first-order valence-corrected chi connectivity index (χ1v) is 4.76. The van der Waals surface area contributed by atoms with E-state index in [0.29, 0.717) is 6.54 Å². The summed E-state index contributed by atoms with van der Waals surface area (Å²) in [7, 11) is 1.65. The topological polar surface area (TPSA) is 48.4 Å². The zero-order chi connectivity index (χ0) is 10.7. The van der Waals surface area contributed by atoms with E-state index in [4.69, 9.17) is 14.9 Å². The van der Waals surface area contributed by atoms with E-state index in [2.05, 4.69) is 0 Å². The monoisotopic (exact) mass is 203 g/mol. The first-order chi connectivity index (χ1) is 7.36. The third kappa shape index (κ3) is 1.74. The van der Waals surface area contributed by atoms with Crippen LogP contribution in [0.4, 0.5) is 0 Å². The summed E-state index contributed by atoms with van der Waals surface area (Å²) in [6.45, 7) is 0.389. The van der Waals surface area contributed by atoms with E-state index < -0.39 is 0 Å². The van der Waals surface area contributed by atoms with Crippen LogP contribution in [0.2, 0.25) is 0 Å². The van der Waals surface area contributed by atoms with E-state index in [1.807, 2.05) is 30.3 Å². The second-order valence-electron chi connectivity index (χ2n) is 3.16. The first-order valence-electron chi connectivity index (χ1n) is 4.76. The van der Waals surface area contributed by atoms with Crippen molar-refractivity contribution in [2.24, 2.45) is 5.73 Å². The van der Waals surface area contributed by atoms with Crippen molar-refractivity contribution in [1.82, 2.24) is 0 Å². The molecule has 0 aliphatic carbocycles. The molecular formula is C12H13NO2. The third-order valence-electron chi connectivity index (χ3n) is 2.33. The molecule has 0 bridgehead atoms. The highest BCUT2D eigenvalue weighted by Crippen LogP contribution is 2.32. The standard InChI is InChI=1S/C12H13NO2/c1-14-11-5-3-2-4-9(11)10-6-7-15-12(10)8-13/h2-7H,8,13H2,1H3. The maximum Gasteiger partial charge on any atom is 0.126 e. The summed E-state index contributed by atoms with van der Waals surface area (Å²) < 4.78 is 10.6. The van der Waals surface area contributed by atoms with E-state index in [0.717, 1.165) is 22.6 Å². The molecule has 2 rings (SSSR count). The average molecular weight is 203 g/mol. The molecule has 3 nitrogen and oxygen atoms in total. The number of hydrogen-bond donors (Lipinski definition) is 1. The molecule has 1 heterocycles. The van der Waals surface area contributed by atoms with Gasteiger partial charge in [-0.1, -0.05) is 18.2 Å². The molecule has 15 heavy (non-hydrogen) atoms. The summed E-state index contributed by atoms with van der Waals surface area (Å²) in [5.74, 6) is 1.60. The number of para-hydroxylation sites is 1. The summed E-state index contributed by atoms with van der Waals surface area (Å²) >= 11 is 0. The van der Waals surface area contributed by atoms with E-state index in [1.54, 1.807) is 13.4 Å². The maximum absolute atomic E-state index is 5.59. The lowest BCUT2D eigenvalue weighted by atomic mass is 10.1. The third-order valence-corrected chi connectivity index (χ3v) is 2.33. The zero-order valence-electron chi connectivity index (χ0n) is 8.57. The Bertz CT molecular complexity index is 448. The normalized spacial score (nSPS) is 10.3. The number of methoxy groups -OCH3 is 1. The van der Waals surface area contributed by atoms with Crippen LogP contribution in [0.1, 0.15) is 5.76 Å². The fourth-order valence-corrected chi connectivity index (χ4v) is 1.61. The van der Waals surface area contributed by atoms with Crippen molar-refractivity contribution in [2.75, 3.05) is 7.11 Å². The Labute approximate surface area is 88.5 Å². The highest BCUT2D eigenvalue weighted by atomic mass is 16.5. The molecule has 2 aromatic rings. The van der Waals surface area contributed by atoms with Crippen molar-refractivity contribution < 1.29 is 9.15 Å². The highest BCUT2D eigenvalue weighted by molar-refractivity contribution is 5.71. The molecule has 0 unspecified atom stereocenters. The van der Waals surface area contributed by atoms with Gasteiger partial charge in [0.15, 0.2) is 0 Å². The first kappa shape index (κ1) is 9.80. The largest absolute Gasteiger partial charge is 0.496 e. The Balaban J connectivity index is 2.53. The Morgan fingerprint density at radius 2 is 2.00 bits per heavy atom. The van der Waals surface area contributed by atoms with Gasteiger partial charge in [-0.15, -0.1) is 0 Å². The van der Waals surface area contributed by atoms with Gasteiger partial charge in [0.05, 0.1) is 19.9 Å². The number of rotatable bonds is 3. The van der Waals surface area contributed by atoms with Gasteiger partial charge in [-0.05, 0) is 12.1 Å². The van der Waals surface area contributed by atoms with Crippen LogP contribution in [0.5, 0.6) is 5.75 Å². The molecule has 78 valence electrons.